The summed E-state index contributed by atoms with van der Waals surface area (Å²) in [5, 5.41) is 0. The zero-order valence-corrected chi connectivity index (χ0v) is 24.6. The number of ether oxygens (including phenoxy) is 5. The lowest BCUT2D eigenvalue weighted by Gasteiger charge is -2.25. The van der Waals surface area contributed by atoms with Crippen LogP contribution in [0.4, 0.5) is 0 Å². The first-order valence-electron chi connectivity index (χ1n) is 13.1. The molecule has 220 valence electrons. The summed E-state index contributed by atoms with van der Waals surface area (Å²) in [6.45, 7) is 6.57. The average Bonchev–Trinajstić information content (AvgIpc) is 3.26. The molecule has 2 heterocycles. The van der Waals surface area contributed by atoms with Crippen LogP contribution in [0.15, 0.2) is 63.5 Å². The highest BCUT2D eigenvalue weighted by Crippen LogP contribution is 2.36. The highest BCUT2D eigenvalue weighted by Gasteiger charge is 2.34. The summed E-state index contributed by atoms with van der Waals surface area (Å²) in [6, 6.07) is 10.9. The van der Waals surface area contributed by atoms with Crippen molar-refractivity contribution in [2.75, 3.05) is 26.9 Å². The second kappa shape index (κ2) is 13.3. The molecule has 2 aromatic carbocycles. The van der Waals surface area contributed by atoms with E-state index in [0.717, 1.165) is 11.3 Å². The maximum atomic E-state index is 13.9. The number of allylic oxidation sites excluding steroid dienone is 1. The molecule has 3 aromatic rings. The smallest absolute Gasteiger partial charge is 0.343 e. The normalized spacial score (nSPS) is 14.5. The largest absolute Gasteiger partial charge is 0.490 e. The first-order chi connectivity index (χ1) is 20.2. The Balaban J connectivity index is 1.91. The van der Waals surface area contributed by atoms with E-state index in [2.05, 4.69) is 9.73 Å². The van der Waals surface area contributed by atoms with E-state index >= 15 is 0 Å². The lowest BCUT2D eigenvalue weighted by Crippen LogP contribution is -2.40. The molecule has 0 unspecified atom stereocenters. The Morgan fingerprint density at radius 1 is 1.02 bits per heavy atom. The van der Waals surface area contributed by atoms with E-state index in [9.17, 15) is 19.2 Å². The Morgan fingerprint density at radius 2 is 1.79 bits per heavy atom. The van der Waals surface area contributed by atoms with Gasteiger partial charge in [0.15, 0.2) is 22.9 Å². The number of para-hydroxylation sites is 1. The molecular weight excluding hydrogens is 564 g/mol. The van der Waals surface area contributed by atoms with Gasteiger partial charge < -0.3 is 23.7 Å². The van der Waals surface area contributed by atoms with E-state index in [1.165, 1.54) is 18.6 Å². The van der Waals surface area contributed by atoms with E-state index in [0.29, 0.717) is 50.0 Å². The number of fused-ring (bicyclic) bond motifs is 1. The quantitative estimate of drug-likeness (QED) is 0.257. The summed E-state index contributed by atoms with van der Waals surface area (Å²) < 4.78 is 28.5. The minimum absolute atomic E-state index is 0.129. The summed E-state index contributed by atoms with van der Waals surface area (Å²) in [6.07, 6.45) is 1.62. The molecule has 0 fully saturated rings. The molecule has 1 aliphatic heterocycles. The number of benzene rings is 2. The fraction of sp³-hybridized carbons (Fsp3) is 0.300. The molecule has 11 nitrogen and oxygen atoms in total. The molecule has 4 rings (SSSR count). The van der Waals surface area contributed by atoms with Crippen LogP contribution in [-0.2, 0) is 23.9 Å². The van der Waals surface area contributed by atoms with Crippen LogP contribution < -0.4 is 29.1 Å². The fourth-order valence-corrected chi connectivity index (χ4v) is 5.41. The average molecular weight is 595 g/mol. The molecule has 1 aliphatic rings. The van der Waals surface area contributed by atoms with Crippen molar-refractivity contribution in [3.63, 3.8) is 0 Å². The molecule has 1 aromatic heterocycles. The molecule has 0 aliphatic carbocycles. The van der Waals surface area contributed by atoms with E-state index in [4.69, 9.17) is 18.9 Å². The summed E-state index contributed by atoms with van der Waals surface area (Å²) in [4.78, 5) is 55.4. The van der Waals surface area contributed by atoms with Crippen molar-refractivity contribution in [2.45, 2.75) is 33.7 Å². The van der Waals surface area contributed by atoms with Crippen molar-refractivity contribution >= 4 is 35.3 Å². The number of methoxy groups -OCH3 is 1. The Kier molecular flexibility index (Phi) is 9.58. The van der Waals surface area contributed by atoms with Gasteiger partial charge in [-0.3, -0.25) is 14.2 Å². The number of carbonyl (C=O) groups is 3. The summed E-state index contributed by atoms with van der Waals surface area (Å²) in [5.41, 5.74) is 1.26. The van der Waals surface area contributed by atoms with Crippen LogP contribution in [0.1, 0.15) is 44.9 Å². The number of carbonyl (C=O) groups excluding carboxylic acids is 3. The van der Waals surface area contributed by atoms with Crippen LogP contribution in [0.5, 0.6) is 17.2 Å². The van der Waals surface area contributed by atoms with E-state index in [1.807, 2.05) is 0 Å². The van der Waals surface area contributed by atoms with Gasteiger partial charge in [-0.15, -0.1) is 0 Å². The molecule has 0 saturated heterocycles. The van der Waals surface area contributed by atoms with Gasteiger partial charge in [-0.25, -0.2) is 14.6 Å². The number of esters is 3. The van der Waals surface area contributed by atoms with Gasteiger partial charge in [-0.05, 0) is 50.6 Å². The predicted octanol–water partition coefficient (Wildman–Crippen LogP) is 2.67. The van der Waals surface area contributed by atoms with E-state index in [-0.39, 0.29) is 18.8 Å². The third-order valence-corrected chi connectivity index (χ3v) is 7.12. The second-order valence-electron chi connectivity index (χ2n) is 8.94. The Hall–Kier alpha value is -4.71. The molecule has 42 heavy (non-hydrogen) atoms. The van der Waals surface area contributed by atoms with Crippen LogP contribution in [0.3, 0.4) is 0 Å². The van der Waals surface area contributed by atoms with Gasteiger partial charge in [-0.1, -0.05) is 35.6 Å². The molecule has 0 amide bonds. The van der Waals surface area contributed by atoms with Gasteiger partial charge >= 0.3 is 17.9 Å². The van der Waals surface area contributed by atoms with Crippen molar-refractivity contribution in [1.29, 1.82) is 0 Å². The molecular formula is C30H30N2O9S. The van der Waals surface area contributed by atoms with Crippen molar-refractivity contribution in [3.8, 4) is 17.2 Å². The lowest BCUT2D eigenvalue weighted by atomic mass is 9.95. The molecule has 0 N–H and O–H groups in total. The highest BCUT2D eigenvalue weighted by atomic mass is 32.1. The van der Waals surface area contributed by atoms with Crippen molar-refractivity contribution < 1.29 is 38.1 Å². The predicted molar refractivity (Wildman–Crippen MR) is 153 cm³/mol. The first kappa shape index (κ1) is 30.3. The number of aromatic nitrogens is 1. The Morgan fingerprint density at radius 3 is 2.48 bits per heavy atom. The minimum Gasteiger partial charge on any atom is -0.490 e. The number of nitrogens with zero attached hydrogens (tertiary/aromatic N) is 2. The van der Waals surface area contributed by atoms with Gasteiger partial charge in [0.2, 0.25) is 0 Å². The highest BCUT2D eigenvalue weighted by molar-refractivity contribution is 7.07. The van der Waals surface area contributed by atoms with Gasteiger partial charge in [0.1, 0.15) is 5.75 Å². The van der Waals surface area contributed by atoms with Crippen LogP contribution in [0.25, 0.3) is 6.08 Å². The second-order valence-corrected chi connectivity index (χ2v) is 9.95. The van der Waals surface area contributed by atoms with Crippen LogP contribution in [-0.4, -0.2) is 49.4 Å². The van der Waals surface area contributed by atoms with Crippen molar-refractivity contribution in [2.24, 2.45) is 4.99 Å². The van der Waals surface area contributed by atoms with Crippen LogP contribution in [0, 0.1) is 0 Å². The van der Waals surface area contributed by atoms with Crippen molar-refractivity contribution in [3.05, 3.63) is 84.5 Å². The summed E-state index contributed by atoms with van der Waals surface area (Å²) >= 11 is 1.14. The van der Waals surface area contributed by atoms with Gasteiger partial charge in [0, 0.05) is 12.5 Å². The van der Waals surface area contributed by atoms with Crippen molar-refractivity contribution in [1.82, 2.24) is 4.57 Å². The third kappa shape index (κ3) is 6.44. The Bertz CT molecular complexity index is 1740. The molecule has 12 heteroatoms. The zero-order chi connectivity index (χ0) is 30.4. The number of hydrogen-bond donors (Lipinski definition) is 0. The summed E-state index contributed by atoms with van der Waals surface area (Å²) in [5.74, 6) is -0.752. The number of rotatable bonds is 10. The molecule has 1 atom stereocenters. The standard InChI is InChI=1S/C30H30N2O9S/c1-6-38-23-14-20(12-13-22(23)40-16-25(34)37-5)27-26(29(36)39-7-2)17(3)31-30-32(27)28(35)24(42-30)15-19-10-8-9-11-21(19)41-18(4)33/h8-15,27H,6-7,16H2,1-5H3/b24-15+/t27-/m1/s1. The monoisotopic (exact) mass is 594 g/mol. The topological polar surface area (TPSA) is 132 Å². The van der Waals surface area contributed by atoms with Gasteiger partial charge in [-0.2, -0.15) is 0 Å². The first-order valence-corrected chi connectivity index (χ1v) is 13.9. The van der Waals surface area contributed by atoms with E-state index in [1.54, 1.807) is 69.3 Å². The molecule has 0 bridgehead atoms. The van der Waals surface area contributed by atoms with Crippen LogP contribution in [0.2, 0.25) is 0 Å². The van der Waals surface area contributed by atoms with E-state index < -0.39 is 29.5 Å². The maximum absolute atomic E-state index is 13.9. The third-order valence-electron chi connectivity index (χ3n) is 6.13. The fourth-order valence-electron chi connectivity index (χ4n) is 4.37. The molecule has 0 saturated carbocycles. The minimum atomic E-state index is -0.903. The van der Waals surface area contributed by atoms with Crippen LogP contribution >= 0.6 is 11.3 Å². The SMILES string of the molecule is CCOC(=O)C1=C(C)N=c2s/c(=C/c3ccccc3OC(C)=O)c(=O)n2[C@@H]1c1ccc(OCC(=O)OC)c(OCC)c1. The lowest BCUT2D eigenvalue weighted by molar-refractivity contribution is -0.143. The molecule has 0 radical (unpaired) electrons. The zero-order valence-electron chi connectivity index (χ0n) is 23.8. The number of hydrogen-bond acceptors (Lipinski definition) is 11. The maximum Gasteiger partial charge on any atom is 0.343 e. The number of thiazole rings is 1. The summed E-state index contributed by atoms with van der Waals surface area (Å²) in [7, 11) is 1.26. The Labute approximate surface area is 245 Å². The van der Waals surface area contributed by atoms with Gasteiger partial charge in [0.25, 0.3) is 5.56 Å². The van der Waals surface area contributed by atoms with Gasteiger partial charge in [0.05, 0.1) is 42.2 Å². The molecule has 0 spiro atoms.